The van der Waals surface area contributed by atoms with Crippen molar-refractivity contribution in [1.82, 2.24) is 19.4 Å². The summed E-state index contributed by atoms with van der Waals surface area (Å²) >= 11 is 0. The van der Waals surface area contributed by atoms with Crippen LogP contribution in [0.4, 0.5) is 0 Å². The molecule has 7 nitrogen and oxygen atoms in total. The molecule has 0 aliphatic carbocycles. The lowest BCUT2D eigenvalue weighted by Gasteiger charge is -2.34. The average Bonchev–Trinajstić information content (AvgIpc) is 3.34. The number of carbonyl (C=O) groups excluding carboxylic acids is 1. The largest absolute Gasteiger partial charge is 0.352 e. The molecule has 0 bridgehead atoms. The second kappa shape index (κ2) is 9.89. The quantitative estimate of drug-likeness (QED) is 0.578. The number of nitrogens with zero attached hydrogens (tertiary/aromatic N) is 3. The monoisotopic (exact) mass is 466 g/mol. The van der Waals surface area contributed by atoms with Crippen LogP contribution in [0.1, 0.15) is 36.2 Å². The van der Waals surface area contributed by atoms with Crippen LogP contribution in [0.25, 0.3) is 5.69 Å². The van der Waals surface area contributed by atoms with Crippen molar-refractivity contribution in [1.29, 1.82) is 0 Å². The Hall–Kier alpha value is -2.97. The topological polar surface area (TPSA) is 84.3 Å². The lowest BCUT2D eigenvalue weighted by molar-refractivity contribution is 0.0954. The highest BCUT2D eigenvalue weighted by atomic mass is 32.2. The Morgan fingerprint density at radius 2 is 1.70 bits per heavy atom. The molecule has 0 saturated carbocycles. The first kappa shape index (κ1) is 23.2. The molecule has 0 spiro atoms. The summed E-state index contributed by atoms with van der Waals surface area (Å²) in [6, 6.07) is 16.1. The van der Waals surface area contributed by atoms with Gasteiger partial charge < -0.3 is 5.32 Å². The van der Waals surface area contributed by atoms with Gasteiger partial charge in [-0.1, -0.05) is 26.0 Å². The number of aromatic nitrogens is 2. The number of carbonyl (C=O) groups is 1. The van der Waals surface area contributed by atoms with Crippen LogP contribution < -0.4 is 5.32 Å². The molecule has 1 amide bonds. The van der Waals surface area contributed by atoms with Crippen molar-refractivity contribution in [2.45, 2.75) is 31.6 Å². The summed E-state index contributed by atoms with van der Waals surface area (Å²) in [5.41, 5.74) is 2.54. The molecule has 1 aliphatic heterocycles. The highest BCUT2D eigenvalue weighted by Gasteiger charge is 2.31. The molecule has 2 heterocycles. The molecule has 33 heavy (non-hydrogen) atoms. The molecule has 1 saturated heterocycles. The molecule has 8 heteroatoms. The van der Waals surface area contributed by atoms with Crippen LogP contribution in [-0.4, -0.2) is 48.0 Å². The summed E-state index contributed by atoms with van der Waals surface area (Å²) in [5.74, 6) is 0.470. The van der Waals surface area contributed by atoms with Crippen molar-refractivity contribution in [2.75, 3.05) is 19.6 Å². The van der Waals surface area contributed by atoms with Crippen molar-refractivity contribution in [3.8, 4) is 5.69 Å². The third-order valence-electron chi connectivity index (χ3n) is 5.99. The van der Waals surface area contributed by atoms with Crippen LogP contribution >= 0.6 is 0 Å². The fraction of sp³-hybridized carbons (Fsp3) is 0.360. The normalized spacial score (nSPS) is 19.3. The van der Waals surface area contributed by atoms with Gasteiger partial charge in [0, 0.05) is 37.6 Å². The molecule has 174 valence electrons. The zero-order chi connectivity index (χ0) is 23.4. The van der Waals surface area contributed by atoms with E-state index in [-0.39, 0.29) is 10.8 Å². The van der Waals surface area contributed by atoms with E-state index < -0.39 is 10.0 Å². The number of hydrogen-bond donors (Lipinski definition) is 1. The van der Waals surface area contributed by atoms with Crippen LogP contribution in [0, 0.1) is 11.8 Å². The third-order valence-corrected chi connectivity index (χ3v) is 7.84. The molecule has 1 fully saturated rings. The van der Waals surface area contributed by atoms with Crippen LogP contribution in [0.5, 0.6) is 0 Å². The van der Waals surface area contributed by atoms with E-state index in [1.54, 1.807) is 27.3 Å². The van der Waals surface area contributed by atoms with Gasteiger partial charge in [-0.2, -0.15) is 9.40 Å². The van der Waals surface area contributed by atoms with Crippen molar-refractivity contribution in [3.05, 3.63) is 78.1 Å². The van der Waals surface area contributed by atoms with Gasteiger partial charge in [0.2, 0.25) is 10.0 Å². The van der Waals surface area contributed by atoms with E-state index in [4.69, 9.17) is 0 Å². The first-order valence-electron chi connectivity index (χ1n) is 11.3. The van der Waals surface area contributed by atoms with Gasteiger partial charge in [-0.25, -0.2) is 13.1 Å². The summed E-state index contributed by atoms with van der Waals surface area (Å²) in [6.07, 6.45) is 5.36. The van der Waals surface area contributed by atoms with E-state index >= 15 is 0 Å². The van der Waals surface area contributed by atoms with E-state index in [0.717, 1.165) is 17.7 Å². The molecule has 0 radical (unpaired) electrons. The second-order valence-corrected chi connectivity index (χ2v) is 10.9. The van der Waals surface area contributed by atoms with Crippen molar-refractivity contribution < 1.29 is 13.2 Å². The number of nitrogens with one attached hydrogen (secondary N) is 1. The molecule has 4 rings (SSSR count). The summed E-state index contributed by atoms with van der Waals surface area (Å²) in [6.45, 7) is 5.73. The van der Waals surface area contributed by atoms with Crippen LogP contribution in [-0.2, 0) is 16.4 Å². The summed E-state index contributed by atoms with van der Waals surface area (Å²) in [5, 5.41) is 7.12. The Bertz CT molecular complexity index is 1160. The first-order chi connectivity index (χ1) is 15.8. The molecular formula is C25H30N4O3S. The Labute approximate surface area is 195 Å². The highest BCUT2D eigenvalue weighted by molar-refractivity contribution is 7.89. The van der Waals surface area contributed by atoms with E-state index in [2.05, 4.69) is 24.3 Å². The molecule has 2 atom stereocenters. The van der Waals surface area contributed by atoms with Crippen molar-refractivity contribution >= 4 is 15.9 Å². The minimum absolute atomic E-state index is 0.215. The number of piperidine rings is 1. The zero-order valence-corrected chi connectivity index (χ0v) is 19.8. The van der Waals surface area contributed by atoms with E-state index in [9.17, 15) is 13.2 Å². The number of sulfonamides is 1. The standard InChI is InChI=1S/C25H30N4O3S/c1-19-16-20(2)18-28(17-19)33(31,32)24-10-6-22(7-11-24)25(30)26-14-12-21-4-8-23(9-5-21)29-15-3-13-27-29/h3-11,13,15,19-20H,12,14,16-18H2,1-2H3,(H,26,30). The van der Waals surface area contributed by atoms with Crippen LogP contribution in [0.3, 0.4) is 0 Å². The van der Waals surface area contributed by atoms with Gasteiger partial charge in [0.1, 0.15) is 0 Å². The summed E-state index contributed by atoms with van der Waals surface area (Å²) in [4.78, 5) is 12.7. The highest BCUT2D eigenvalue weighted by Crippen LogP contribution is 2.26. The van der Waals surface area contributed by atoms with Gasteiger partial charge in [-0.3, -0.25) is 4.79 Å². The first-order valence-corrected chi connectivity index (χ1v) is 12.7. The molecule has 1 aliphatic rings. The predicted octanol–water partition coefficient (Wildman–Crippen LogP) is 3.51. The number of amides is 1. The SMILES string of the molecule is CC1CC(C)CN(S(=O)(=O)c2ccc(C(=O)NCCc3ccc(-n4cccn4)cc3)cc2)C1. The smallest absolute Gasteiger partial charge is 0.251 e. The molecular weight excluding hydrogens is 436 g/mol. The van der Waals surface area contributed by atoms with Gasteiger partial charge >= 0.3 is 0 Å². The maximum atomic E-state index is 13.0. The lowest BCUT2D eigenvalue weighted by Crippen LogP contribution is -2.42. The zero-order valence-electron chi connectivity index (χ0n) is 19.0. The Morgan fingerprint density at radius 3 is 2.30 bits per heavy atom. The van der Waals surface area contributed by atoms with Gasteiger partial charge in [0.15, 0.2) is 0 Å². The summed E-state index contributed by atoms with van der Waals surface area (Å²) in [7, 11) is -3.55. The van der Waals surface area contributed by atoms with Crippen LogP contribution in [0.15, 0.2) is 71.9 Å². The Balaban J connectivity index is 1.32. The van der Waals surface area contributed by atoms with E-state index in [1.807, 2.05) is 36.5 Å². The molecule has 2 unspecified atom stereocenters. The maximum absolute atomic E-state index is 13.0. The minimum Gasteiger partial charge on any atom is -0.352 e. The number of benzene rings is 2. The molecule has 1 aromatic heterocycles. The van der Waals surface area contributed by atoms with Crippen molar-refractivity contribution in [3.63, 3.8) is 0 Å². The third kappa shape index (κ3) is 5.51. The Kier molecular flexibility index (Phi) is 6.95. The average molecular weight is 467 g/mol. The molecule has 2 aromatic carbocycles. The van der Waals surface area contributed by atoms with Crippen LogP contribution in [0.2, 0.25) is 0 Å². The van der Waals surface area contributed by atoms with Gasteiger partial charge in [0.05, 0.1) is 10.6 Å². The summed E-state index contributed by atoms with van der Waals surface area (Å²) < 4.78 is 29.4. The Morgan fingerprint density at radius 1 is 1.03 bits per heavy atom. The van der Waals surface area contributed by atoms with Gasteiger partial charge in [-0.15, -0.1) is 0 Å². The fourth-order valence-electron chi connectivity index (χ4n) is 4.39. The number of rotatable bonds is 7. The predicted molar refractivity (Wildman–Crippen MR) is 128 cm³/mol. The maximum Gasteiger partial charge on any atom is 0.251 e. The van der Waals surface area contributed by atoms with Crippen molar-refractivity contribution in [2.24, 2.45) is 11.8 Å². The fourth-order valence-corrected chi connectivity index (χ4v) is 6.07. The second-order valence-electron chi connectivity index (χ2n) is 8.92. The molecule has 3 aromatic rings. The number of hydrogen-bond acceptors (Lipinski definition) is 4. The van der Waals surface area contributed by atoms with E-state index in [0.29, 0.717) is 43.5 Å². The minimum atomic E-state index is -3.55. The van der Waals surface area contributed by atoms with Gasteiger partial charge in [-0.05, 0) is 72.7 Å². The lowest BCUT2D eigenvalue weighted by atomic mass is 9.94. The molecule has 1 N–H and O–H groups in total. The van der Waals surface area contributed by atoms with E-state index in [1.165, 1.54) is 12.1 Å². The van der Waals surface area contributed by atoms with Gasteiger partial charge in [0.25, 0.3) is 5.91 Å².